The molecule has 4 heteroatoms. The quantitative estimate of drug-likeness (QED) is 0.756. The standard InChI is InChI=1S/C11H14N2O2/c1-13-7-6-10(14)12-11-8(13)4-3-5-9(11)15-2/h3-5H,6-7H2,1-2H3,(H,12,14). The van der Waals surface area contributed by atoms with Gasteiger partial charge in [0.05, 0.1) is 12.8 Å². The highest BCUT2D eigenvalue weighted by atomic mass is 16.5. The van der Waals surface area contributed by atoms with E-state index in [0.717, 1.165) is 17.9 Å². The molecule has 0 unspecified atom stereocenters. The second kappa shape index (κ2) is 3.81. The number of hydrogen-bond donors (Lipinski definition) is 1. The maximum atomic E-state index is 11.5. The number of rotatable bonds is 1. The van der Waals surface area contributed by atoms with Crippen molar-refractivity contribution in [3.63, 3.8) is 0 Å². The highest BCUT2D eigenvalue weighted by Gasteiger charge is 2.19. The SMILES string of the molecule is COc1cccc2c1NC(=O)CCN2C. The number of methoxy groups -OCH3 is 1. The summed E-state index contributed by atoms with van der Waals surface area (Å²) in [5.74, 6) is 0.736. The number of hydrogen-bond acceptors (Lipinski definition) is 3. The van der Waals surface area contributed by atoms with Crippen molar-refractivity contribution in [2.24, 2.45) is 0 Å². The molecule has 1 N–H and O–H groups in total. The van der Waals surface area contributed by atoms with Crippen molar-refractivity contribution < 1.29 is 9.53 Å². The zero-order chi connectivity index (χ0) is 10.8. The number of nitrogens with one attached hydrogen (secondary N) is 1. The first-order chi connectivity index (χ1) is 7.22. The summed E-state index contributed by atoms with van der Waals surface area (Å²) < 4.78 is 5.22. The number of anilines is 2. The van der Waals surface area contributed by atoms with Gasteiger partial charge in [-0.1, -0.05) is 6.07 Å². The van der Waals surface area contributed by atoms with E-state index in [4.69, 9.17) is 4.74 Å². The Balaban J connectivity index is 2.51. The van der Waals surface area contributed by atoms with Gasteiger partial charge in [0.25, 0.3) is 0 Å². The minimum absolute atomic E-state index is 0.0325. The number of carbonyl (C=O) groups excluding carboxylic acids is 1. The molecule has 1 amide bonds. The highest BCUT2D eigenvalue weighted by Crippen LogP contribution is 2.35. The van der Waals surface area contributed by atoms with E-state index in [-0.39, 0.29) is 5.91 Å². The van der Waals surface area contributed by atoms with Crippen LogP contribution in [0.2, 0.25) is 0 Å². The number of amides is 1. The van der Waals surface area contributed by atoms with E-state index in [0.29, 0.717) is 12.2 Å². The smallest absolute Gasteiger partial charge is 0.226 e. The third-order valence-corrected chi connectivity index (χ3v) is 2.57. The normalized spacial score (nSPS) is 15.3. The van der Waals surface area contributed by atoms with Gasteiger partial charge in [-0.3, -0.25) is 4.79 Å². The van der Waals surface area contributed by atoms with Gasteiger partial charge in [0.1, 0.15) is 11.4 Å². The Morgan fingerprint density at radius 3 is 3.00 bits per heavy atom. The molecular formula is C11H14N2O2. The molecule has 0 bridgehead atoms. The first-order valence-electron chi connectivity index (χ1n) is 4.90. The van der Waals surface area contributed by atoms with Crippen LogP contribution in [0.4, 0.5) is 11.4 Å². The molecule has 2 rings (SSSR count). The lowest BCUT2D eigenvalue weighted by molar-refractivity contribution is -0.115. The Hall–Kier alpha value is -1.71. The maximum Gasteiger partial charge on any atom is 0.226 e. The van der Waals surface area contributed by atoms with E-state index in [1.165, 1.54) is 0 Å². The summed E-state index contributed by atoms with van der Waals surface area (Å²) in [7, 11) is 3.57. The molecule has 0 saturated heterocycles. The van der Waals surface area contributed by atoms with Crippen LogP contribution < -0.4 is 15.0 Å². The Kier molecular flexibility index (Phi) is 2.49. The van der Waals surface area contributed by atoms with Gasteiger partial charge < -0.3 is 15.0 Å². The van der Waals surface area contributed by atoms with E-state index >= 15 is 0 Å². The number of nitrogens with zero attached hydrogens (tertiary/aromatic N) is 1. The van der Waals surface area contributed by atoms with Gasteiger partial charge >= 0.3 is 0 Å². The van der Waals surface area contributed by atoms with Gasteiger partial charge in [-0.15, -0.1) is 0 Å². The van der Waals surface area contributed by atoms with Gasteiger partial charge in [0.15, 0.2) is 0 Å². The Morgan fingerprint density at radius 1 is 1.47 bits per heavy atom. The van der Waals surface area contributed by atoms with E-state index in [9.17, 15) is 4.79 Å². The summed E-state index contributed by atoms with van der Waals surface area (Å²) in [6.45, 7) is 0.728. The first kappa shape index (κ1) is 9.83. The minimum atomic E-state index is 0.0325. The topological polar surface area (TPSA) is 41.6 Å². The predicted molar refractivity (Wildman–Crippen MR) is 59.5 cm³/mol. The summed E-state index contributed by atoms with van der Waals surface area (Å²) >= 11 is 0. The molecule has 0 aromatic heterocycles. The third-order valence-electron chi connectivity index (χ3n) is 2.57. The number of para-hydroxylation sites is 1. The molecule has 80 valence electrons. The molecular weight excluding hydrogens is 192 g/mol. The van der Waals surface area contributed by atoms with Crippen LogP contribution in [0.1, 0.15) is 6.42 Å². The van der Waals surface area contributed by atoms with Gasteiger partial charge in [0.2, 0.25) is 5.91 Å². The van der Waals surface area contributed by atoms with Crippen LogP contribution in [0.25, 0.3) is 0 Å². The fourth-order valence-corrected chi connectivity index (χ4v) is 1.73. The lowest BCUT2D eigenvalue weighted by Gasteiger charge is -2.19. The molecule has 1 aliphatic heterocycles. The van der Waals surface area contributed by atoms with E-state index < -0.39 is 0 Å². The largest absolute Gasteiger partial charge is 0.494 e. The Bertz CT molecular complexity index is 390. The molecule has 0 radical (unpaired) electrons. The van der Waals surface area contributed by atoms with Crippen LogP contribution in [0, 0.1) is 0 Å². The Morgan fingerprint density at radius 2 is 2.27 bits per heavy atom. The van der Waals surface area contributed by atoms with E-state index in [2.05, 4.69) is 10.2 Å². The highest BCUT2D eigenvalue weighted by molar-refractivity contribution is 5.98. The predicted octanol–water partition coefficient (Wildman–Crippen LogP) is 1.47. The number of fused-ring (bicyclic) bond motifs is 1. The van der Waals surface area contributed by atoms with Crippen molar-refractivity contribution in [2.45, 2.75) is 6.42 Å². The van der Waals surface area contributed by atoms with Crippen LogP contribution in [-0.4, -0.2) is 26.6 Å². The van der Waals surface area contributed by atoms with Crippen molar-refractivity contribution in [2.75, 3.05) is 30.9 Å². The summed E-state index contributed by atoms with van der Waals surface area (Å²) in [5.41, 5.74) is 1.77. The molecule has 0 aliphatic carbocycles. The number of benzene rings is 1. The van der Waals surface area contributed by atoms with Gasteiger partial charge in [-0.25, -0.2) is 0 Å². The first-order valence-corrected chi connectivity index (χ1v) is 4.90. The fourth-order valence-electron chi connectivity index (χ4n) is 1.73. The van der Waals surface area contributed by atoms with Crippen molar-refractivity contribution in [1.82, 2.24) is 0 Å². The second-order valence-electron chi connectivity index (χ2n) is 3.57. The molecule has 4 nitrogen and oxygen atoms in total. The summed E-state index contributed by atoms with van der Waals surface area (Å²) in [5, 5.41) is 2.87. The van der Waals surface area contributed by atoms with Crippen molar-refractivity contribution >= 4 is 17.3 Å². The molecule has 15 heavy (non-hydrogen) atoms. The van der Waals surface area contributed by atoms with Gasteiger partial charge in [0, 0.05) is 20.0 Å². The minimum Gasteiger partial charge on any atom is -0.494 e. The molecule has 0 spiro atoms. The van der Waals surface area contributed by atoms with Gasteiger partial charge in [-0.2, -0.15) is 0 Å². The molecule has 1 aromatic carbocycles. The second-order valence-corrected chi connectivity index (χ2v) is 3.57. The summed E-state index contributed by atoms with van der Waals surface area (Å²) in [4.78, 5) is 13.5. The van der Waals surface area contributed by atoms with Crippen molar-refractivity contribution in [1.29, 1.82) is 0 Å². The molecule has 1 aromatic rings. The maximum absolute atomic E-state index is 11.5. The van der Waals surface area contributed by atoms with Crippen LogP contribution in [0.15, 0.2) is 18.2 Å². The average molecular weight is 206 g/mol. The van der Waals surface area contributed by atoms with Gasteiger partial charge in [-0.05, 0) is 12.1 Å². The summed E-state index contributed by atoms with van der Waals surface area (Å²) in [6, 6.07) is 5.74. The monoisotopic (exact) mass is 206 g/mol. The summed E-state index contributed by atoms with van der Waals surface area (Å²) in [6.07, 6.45) is 0.508. The Labute approximate surface area is 88.8 Å². The van der Waals surface area contributed by atoms with Crippen LogP contribution in [0.5, 0.6) is 5.75 Å². The molecule has 0 saturated carbocycles. The number of ether oxygens (including phenoxy) is 1. The molecule has 1 heterocycles. The third kappa shape index (κ3) is 1.75. The fraction of sp³-hybridized carbons (Fsp3) is 0.364. The van der Waals surface area contributed by atoms with E-state index in [1.807, 2.05) is 25.2 Å². The van der Waals surface area contributed by atoms with Crippen molar-refractivity contribution in [3.8, 4) is 5.75 Å². The molecule has 0 atom stereocenters. The lowest BCUT2D eigenvalue weighted by atomic mass is 10.2. The van der Waals surface area contributed by atoms with Crippen LogP contribution >= 0.6 is 0 Å². The van der Waals surface area contributed by atoms with Crippen LogP contribution in [0.3, 0.4) is 0 Å². The molecule has 1 aliphatic rings. The zero-order valence-electron chi connectivity index (χ0n) is 8.91. The molecule has 0 fully saturated rings. The van der Waals surface area contributed by atoms with Crippen molar-refractivity contribution in [3.05, 3.63) is 18.2 Å². The average Bonchev–Trinajstić information content (AvgIpc) is 2.39. The lowest BCUT2D eigenvalue weighted by Crippen LogP contribution is -2.18. The van der Waals surface area contributed by atoms with E-state index in [1.54, 1.807) is 7.11 Å². The number of carbonyl (C=O) groups is 1. The zero-order valence-corrected chi connectivity index (χ0v) is 8.91. The van der Waals surface area contributed by atoms with Crippen LogP contribution in [-0.2, 0) is 4.79 Å².